The Bertz CT molecular complexity index is 314. The van der Waals surface area contributed by atoms with Crippen molar-refractivity contribution in [3.05, 3.63) is 17.7 Å². The van der Waals surface area contributed by atoms with Crippen LogP contribution in [0.15, 0.2) is 6.20 Å². The molecular formula is C9H12N2O. The average Bonchev–Trinajstić information content (AvgIpc) is 2.52. The molecule has 0 radical (unpaired) electrons. The number of hydrogen-bond acceptors (Lipinski definition) is 2. The average molecular weight is 164 g/mol. The van der Waals surface area contributed by atoms with Gasteiger partial charge in [0.2, 0.25) is 0 Å². The Hall–Kier alpha value is -1.12. The summed E-state index contributed by atoms with van der Waals surface area (Å²) in [6.45, 7) is 4.42. The van der Waals surface area contributed by atoms with Crippen LogP contribution in [0.25, 0.3) is 0 Å². The number of nitrogens with zero attached hydrogens (tertiary/aromatic N) is 1. The van der Waals surface area contributed by atoms with Crippen molar-refractivity contribution in [2.24, 2.45) is 5.41 Å². The SMILES string of the molecule is CC1(C)CC1c1ncc(C=O)[nH]1. The Kier molecular flexibility index (Phi) is 1.37. The lowest BCUT2D eigenvalue weighted by molar-refractivity contribution is 0.111. The van der Waals surface area contributed by atoms with Crippen molar-refractivity contribution in [2.75, 3.05) is 0 Å². The largest absolute Gasteiger partial charge is 0.340 e. The smallest absolute Gasteiger partial charge is 0.167 e. The van der Waals surface area contributed by atoms with Crippen LogP contribution in [0.4, 0.5) is 0 Å². The molecule has 1 aromatic rings. The minimum absolute atomic E-state index is 0.373. The van der Waals surface area contributed by atoms with Gasteiger partial charge < -0.3 is 4.98 Å². The van der Waals surface area contributed by atoms with Gasteiger partial charge in [0, 0.05) is 5.92 Å². The fraction of sp³-hybridized carbons (Fsp3) is 0.556. The van der Waals surface area contributed by atoms with E-state index in [1.54, 1.807) is 6.20 Å². The maximum absolute atomic E-state index is 10.4. The van der Waals surface area contributed by atoms with E-state index < -0.39 is 0 Å². The van der Waals surface area contributed by atoms with Crippen molar-refractivity contribution in [3.63, 3.8) is 0 Å². The number of imidazole rings is 1. The quantitative estimate of drug-likeness (QED) is 0.676. The molecule has 1 heterocycles. The summed E-state index contributed by atoms with van der Waals surface area (Å²) in [7, 11) is 0. The second kappa shape index (κ2) is 2.19. The highest BCUT2D eigenvalue weighted by molar-refractivity contribution is 5.71. The standard InChI is InChI=1S/C9H12N2O/c1-9(2)3-7(9)8-10-4-6(5-12)11-8/h4-5,7H,3H2,1-2H3,(H,10,11). The maximum Gasteiger partial charge on any atom is 0.167 e. The zero-order chi connectivity index (χ0) is 8.77. The molecule has 3 nitrogen and oxygen atoms in total. The van der Waals surface area contributed by atoms with Crippen LogP contribution < -0.4 is 0 Å². The number of aromatic nitrogens is 2. The molecule has 12 heavy (non-hydrogen) atoms. The van der Waals surface area contributed by atoms with Gasteiger partial charge in [0.05, 0.1) is 11.9 Å². The predicted molar refractivity (Wildman–Crippen MR) is 45.1 cm³/mol. The maximum atomic E-state index is 10.4. The molecule has 2 rings (SSSR count). The van der Waals surface area contributed by atoms with Crippen LogP contribution in [0, 0.1) is 5.41 Å². The molecule has 3 heteroatoms. The lowest BCUT2D eigenvalue weighted by atomic mass is 10.1. The molecule has 0 aliphatic heterocycles. The third kappa shape index (κ3) is 1.05. The summed E-state index contributed by atoms with van der Waals surface area (Å²) in [5.41, 5.74) is 0.950. The molecule has 0 aromatic carbocycles. The number of rotatable bonds is 2. The molecule has 0 spiro atoms. The van der Waals surface area contributed by atoms with Crippen LogP contribution in [0.5, 0.6) is 0 Å². The zero-order valence-corrected chi connectivity index (χ0v) is 7.29. The number of carbonyl (C=O) groups is 1. The monoisotopic (exact) mass is 164 g/mol. The zero-order valence-electron chi connectivity index (χ0n) is 7.29. The van der Waals surface area contributed by atoms with E-state index in [1.165, 1.54) is 6.42 Å². The minimum Gasteiger partial charge on any atom is -0.340 e. The summed E-state index contributed by atoms with van der Waals surface area (Å²) in [6, 6.07) is 0. The molecule has 0 saturated heterocycles. The molecule has 0 amide bonds. The molecular weight excluding hydrogens is 152 g/mol. The highest BCUT2D eigenvalue weighted by Crippen LogP contribution is 2.57. The van der Waals surface area contributed by atoms with Gasteiger partial charge in [0.25, 0.3) is 0 Å². The van der Waals surface area contributed by atoms with Crippen molar-refractivity contribution in [2.45, 2.75) is 26.2 Å². The van der Waals surface area contributed by atoms with Crippen molar-refractivity contribution in [1.82, 2.24) is 9.97 Å². The summed E-state index contributed by atoms with van der Waals surface area (Å²) >= 11 is 0. The number of hydrogen-bond donors (Lipinski definition) is 1. The molecule has 1 aromatic heterocycles. The van der Waals surface area contributed by atoms with Gasteiger partial charge in [-0.15, -0.1) is 0 Å². The van der Waals surface area contributed by atoms with Gasteiger partial charge >= 0.3 is 0 Å². The molecule has 1 saturated carbocycles. The van der Waals surface area contributed by atoms with Gasteiger partial charge in [-0.25, -0.2) is 4.98 Å². The third-order valence-corrected chi connectivity index (χ3v) is 2.59. The highest BCUT2D eigenvalue weighted by Gasteiger charge is 2.48. The summed E-state index contributed by atoms with van der Waals surface area (Å²) < 4.78 is 0. The number of aromatic amines is 1. The summed E-state index contributed by atoms with van der Waals surface area (Å²) in [5, 5.41) is 0. The Balaban J connectivity index is 2.20. The minimum atomic E-state index is 0.373. The fourth-order valence-corrected chi connectivity index (χ4v) is 1.52. The number of carbonyl (C=O) groups excluding carboxylic acids is 1. The second-order valence-corrected chi connectivity index (χ2v) is 4.09. The molecule has 64 valence electrons. The first kappa shape index (κ1) is 7.53. The van der Waals surface area contributed by atoms with Crippen molar-refractivity contribution < 1.29 is 4.79 Å². The van der Waals surface area contributed by atoms with E-state index in [9.17, 15) is 4.79 Å². The van der Waals surface area contributed by atoms with Gasteiger partial charge in [0.1, 0.15) is 5.82 Å². The van der Waals surface area contributed by atoms with Gasteiger partial charge in [-0.2, -0.15) is 0 Å². The van der Waals surface area contributed by atoms with Crippen LogP contribution in [0.2, 0.25) is 0 Å². The molecule has 1 aliphatic carbocycles. The van der Waals surface area contributed by atoms with Crippen LogP contribution in [0.1, 0.15) is 42.5 Å². The number of nitrogens with one attached hydrogen (secondary N) is 1. The van der Waals surface area contributed by atoms with Crippen LogP contribution in [0.3, 0.4) is 0 Å². The van der Waals surface area contributed by atoms with Gasteiger partial charge in [-0.3, -0.25) is 4.79 Å². The van der Waals surface area contributed by atoms with Crippen LogP contribution in [-0.2, 0) is 0 Å². The first-order valence-electron chi connectivity index (χ1n) is 4.13. The fourth-order valence-electron chi connectivity index (χ4n) is 1.52. The van der Waals surface area contributed by atoms with E-state index in [1.807, 2.05) is 0 Å². The van der Waals surface area contributed by atoms with Crippen LogP contribution >= 0.6 is 0 Å². The van der Waals surface area contributed by atoms with Crippen molar-refractivity contribution in [1.29, 1.82) is 0 Å². The molecule has 0 bridgehead atoms. The van der Waals surface area contributed by atoms with Crippen molar-refractivity contribution >= 4 is 6.29 Å². The molecule has 1 aliphatic rings. The first-order valence-corrected chi connectivity index (χ1v) is 4.13. The Morgan fingerprint density at radius 1 is 1.75 bits per heavy atom. The lowest BCUT2D eigenvalue weighted by Gasteiger charge is -1.97. The third-order valence-electron chi connectivity index (χ3n) is 2.59. The van der Waals surface area contributed by atoms with Crippen LogP contribution in [-0.4, -0.2) is 16.3 Å². The summed E-state index contributed by atoms with van der Waals surface area (Å²) in [5.74, 6) is 1.48. The van der Waals surface area contributed by atoms with E-state index in [-0.39, 0.29) is 0 Å². The second-order valence-electron chi connectivity index (χ2n) is 4.09. The molecule has 1 unspecified atom stereocenters. The molecule has 1 fully saturated rings. The van der Waals surface area contributed by atoms with Gasteiger partial charge in [0.15, 0.2) is 6.29 Å². The normalized spacial score (nSPS) is 25.3. The van der Waals surface area contributed by atoms with E-state index in [2.05, 4.69) is 23.8 Å². The topological polar surface area (TPSA) is 45.8 Å². The Morgan fingerprint density at radius 2 is 2.42 bits per heavy atom. The molecule has 1 N–H and O–H groups in total. The van der Waals surface area contributed by atoms with E-state index in [0.717, 1.165) is 12.1 Å². The first-order chi connectivity index (χ1) is 5.63. The predicted octanol–water partition coefficient (Wildman–Crippen LogP) is 1.74. The Labute approximate surface area is 71.2 Å². The summed E-state index contributed by atoms with van der Waals surface area (Å²) in [6.07, 6.45) is 3.56. The van der Waals surface area contributed by atoms with Gasteiger partial charge in [-0.05, 0) is 11.8 Å². The lowest BCUT2D eigenvalue weighted by Crippen LogP contribution is -1.92. The van der Waals surface area contributed by atoms with E-state index in [0.29, 0.717) is 17.0 Å². The number of H-pyrrole nitrogens is 1. The van der Waals surface area contributed by atoms with E-state index in [4.69, 9.17) is 0 Å². The van der Waals surface area contributed by atoms with Gasteiger partial charge in [-0.1, -0.05) is 13.8 Å². The van der Waals surface area contributed by atoms with E-state index >= 15 is 0 Å². The molecule has 1 atom stereocenters. The Morgan fingerprint density at radius 3 is 2.83 bits per heavy atom. The highest BCUT2D eigenvalue weighted by atomic mass is 16.1. The summed E-state index contributed by atoms with van der Waals surface area (Å²) in [4.78, 5) is 17.5. The van der Waals surface area contributed by atoms with Crippen molar-refractivity contribution in [3.8, 4) is 0 Å². The number of aldehydes is 1.